The second kappa shape index (κ2) is 8.28. The Hall–Kier alpha value is -2.89. The van der Waals surface area contributed by atoms with Crippen LogP contribution in [0.15, 0.2) is 48.7 Å². The van der Waals surface area contributed by atoms with Gasteiger partial charge in [0, 0.05) is 49.6 Å². The van der Waals surface area contributed by atoms with Gasteiger partial charge in [-0.25, -0.2) is 0 Å². The van der Waals surface area contributed by atoms with Gasteiger partial charge in [-0.1, -0.05) is 12.1 Å². The van der Waals surface area contributed by atoms with Gasteiger partial charge in [0.05, 0.1) is 0 Å². The zero-order valence-corrected chi connectivity index (χ0v) is 14.0. The summed E-state index contributed by atoms with van der Waals surface area (Å²) in [6.07, 6.45) is 3.88. The Morgan fingerprint density at radius 3 is 2.92 bits per heavy atom. The number of nitrogens with one attached hydrogen (secondary N) is 1. The Labute approximate surface area is 146 Å². The molecule has 6 nitrogen and oxygen atoms in total. The molecule has 0 radical (unpaired) electrons. The van der Waals surface area contributed by atoms with Gasteiger partial charge >= 0.3 is 0 Å². The third-order valence-electron chi connectivity index (χ3n) is 4.00. The zero-order valence-electron chi connectivity index (χ0n) is 14.0. The lowest BCUT2D eigenvalue weighted by atomic mass is 10.2. The van der Waals surface area contributed by atoms with Crippen molar-refractivity contribution in [3.8, 4) is 5.75 Å². The smallest absolute Gasteiger partial charge is 0.257 e. The molecule has 0 atom stereocenters. The second-order valence-corrected chi connectivity index (χ2v) is 5.86. The van der Waals surface area contributed by atoms with Crippen LogP contribution in [0.5, 0.6) is 5.75 Å². The molecular weight excluding hydrogens is 318 g/mol. The van der Waals surface area contributed by atoms with Gasteiger partial charge in [-0.2, -0.15) is 0 Å². The minimum Gasteiger partial charge on any atom is -0.484 e. The largest absolute Gasteiger partial charge is 0.484 e. The van der Waals surface area contributed by atoms with E-state index in [1.165, 1.54) is 0 Å². The van der Waals surface area contributed by atoms with Crippen molar-refractivity contribution >= 4 is 17.5 Å². The SMILES string of the molecule is O=C(COc1cccc(N2CCCC2=O)c1)NCCc1ccccn1. The summed E-state index contributed by atoms with van der Waals surface area (Å²) in [5, 5.41) is 2.81. The molecule has 2 amide bonds. The lowest BCUT2D eigenvalue weighted by Crippen LogP contribution is -2.30. The number of aromatic nitrogens is 1. The molecule has 0 aliphatic carbocycles. The average Bonchev–Trinajstić information content (AvgIpc) is 3.07. The van der Waals surface area contributed by atoms with Gasteiger partial charge in [0.25, 0.3) is 5.91 Å². The third-order valence-corrected chi connectivity index (χ3v) is 4.00. The van der Waals surface area contributed by atoms with Gasteiger partial charge in [0.15, 0.2) is 6.61 Å². The summed E-state index contributed by atoms with van der Waals surface area (Å²) in [5.74, 6) is 0.528. The summed E-state index contributed by atoms with van der Waals surface area (Å²) in [4.78, 5) is 29.6. The van der Waals surface area contributed by atoms with Crippen LogP contribution >= 0.6 is 0 Å². The van der Waals surface area contributed by atoms with E-state index >= 15 is 0 Å². The Balaban J connectivity index is 1.45. The first kappa shape index (κ1) is 17.0. The molecule has 0 spiro atoms. The van der Waals surface area contributed by atoms with Crippen molar-refractivity contribution in [1.29, 1.82) is 0 Å². The highest BCUT2D eigenvalue weighted by atomic mass is 16.5. The molecule has 25 heavy (non-hydrogen) atoms. The zero-order chi connectivity index (χ0) is 17.5. The predicted molar refractivity (Wildman–Crippen MR) is 94.5 cm³/mol. The van der Waals surface area contributed by atoms with E-state index in [9.17, 15) is 9.59 Å². The maximum absolute atomic E-state index is 11.9. The number of anilines is 1. The Morgan fingerprint density at radius 1 is 1.24 bits per heavy atom. The van der Waals surface area contributed by atoms with Crippen LogP contribution in [-0.2, 0) is 16.0 Å². The Bertz CT molecular complexity index is 734. The van der Waals surface area contributed by atoms with Crippen molar-refractivity contribution in [2.24, 2.45) is 0 Å². The standard InChI is InChI=1S/C19H21N3O3/c23-18(21-11-9-15-5-1-2-10-20-15)14-25-17-7-3-6-16(13-17)22-12-4-8-19(22)24/h1-3,5-7,10,13H,4,8-9,11-12,14H2,(H,21,23). The minimum atomic E-state index is -0.182. The van der Waals surface area contributed by atoms with E-state index in [0.29, 0.717) is 25.1 Å². The third kappa shape index (κ3) is 4.79. The number of pyridine rings is 1. The average molecular weight is 339 g/mol. The Kier molecular flexibility index (Phi) is 5.61. The first-order valence-electron chi connectivity index (χ1n) is 8.42. The van der Waals surface area contributed by atoms with E-state index < -0.39 is 0 Å². The lowest BCUT2D eigenvalue weighted by Gasteiger charge is -2.16. The second-order valence-electron chi connectivity index (χ2n) is 5.86. The maximum Gasteiger partial charge on any atom is 0.257 e. The van der Waals surface area contributed by atoms with Gasteiger partial charge in [0.1, 0.15) is 5.75 Å². The molecule has 1 N–H and O–H groups in total. The summed E-state index contributed by atoms with van der Waals surface area (Å²) in [5.41, 5.74) is 1.75. The van der Waals surface area contributed by atoms with E-state index in [2.05, 4.69) is 10.3 Å². The maximum atomic E-state index is 11.9. The van der Waals surface area contributed by atoms with E-state index in [4.69, 9.17) is 4.74 Å². The number of rotatable bonds is 7. The van der Waals surface area contributed by atoms with Crippen molar-refractivity contribution in [1.82, 2.24) is 10.3 Å². The number of benzene rings is 1. The van der Waals surface area contributed by atoms with Crippen molar-refractivity contribution < 1.29 is 14.3 Å². The van der Waals surface area contributed by atoms with Gasteiger partial charge in [0.2, 0.25) is 5.91 Å². The first-order valence-corrected chi connectivity index (χ1v) is 8.42. The van der Waals surface area contributed by atoms with Gasteiger partial charge in [-0.3, -0.25) is 14.6 Å². The monoisotopic (exact) mass is 339 g/mol. The molecule has 130 valence electrons. The molecule has 0 unspecified atom stereocenters. The molecule has 3 rings (SSSR count). The molecule has 1 fully saturated rings. The highest BCUT2D eigenvalue weighted by Crippen LogP contribution is 2.25. The number of nitrogens with zero attached hydrogens (tertiary/aromatic N) is 2. The molecule has 0 bridgehead atoms. The van der Waals surface area contributed by atoms with Gasteiger partial charge in [-0.15, -0.1) is 0 Å². The van der Waals surface area contributed by atoms with Gasteiger partial charge < -0.3 is 15.0 Å². The molecule has 0 saturated carbocycles. The fourth-order valence-electron chi connectivity index (χ4n) is 2.74. The van der Waals surface area contributed by atoms with E-state index in [-0.39, 0.29) is 18.4 Å². The fraction of sp³-hybridized carbons (Fsp3) is 0.316. The number of amides is 2. The molecular formula is C19H21N3O3. The number of carbonyl (C=O) groups excluding carboxylic acids is 2. The van der Waals surface area contributed by atoms with Crippen LogP contribution in [0.25, 0.3) is 0 Å². The topological polar surface area (TPSA) is 71.5 Å². The van der Waals surface area contributed by atoms with Crippen molar-refractivity contribution in [2.75, 3.05) is 24.6 Å². The molecule has 2 aromatic rings. The Morgan fingerprint density at radius 2 is 2.16 bits per heavy atom. The quantitative estimate of drug-likeness (QED) is 0.837. The van der Waals surface area contributed by atoms with Crippen molar-refractivity contribution in [2.45, 2.75) is 19.3 Å². The number of hydrogen-bond donors (Lipinski definition) is 1. The number of ether oxygens (including phenoxy) is 1. The normalized spacial score (nSPS) is 13.8. The fourth-order valence-corrected chi connectivity index (χ4v) is 2.74. The van der Waals surface area contributed by atoms with Crippen LogP contribution in [0.2, 0.25) is 0 Å². The highest BCUT2D eigenvalue weighted by Gasteiger charge is 2.21. The van der Waals surface area contributed by atoms with E-state index in [1.54, 1.807) is 23.2 Å². The molecule has 1 aromatic carbocycles. The van der Waals surface area contributed by atoms with Crippen LogP contribution in [0, 0.1) is 0 Å². The van der Waals surface area contributed by atoms with E-state index in [0.717, 1.165) is 24.3 Å². The predicted octanol–water partition coefficient (Wildman–Crippen LogP) is 1.95. The summed E-state index contributed by atoms with van der Waals surface area (Å²) in [7, 11) is 0. The molecule has 1 saturated heterocycles. The van der Waals surface area contributed by atoms with Gasteiger partial charge in [-0.05, 0) is 30.7 Å². The summed E-state index contributed by atoms with van der Waals surface area (Å²) in [6.45, 7) is 1.19. The van der Waals surface area contributed by atoms with Crippen molar-refractivity contribution in [3.63, 3.8) is 0 Å². The van der Waals surface area contributed by atoms with Crippen LogP contribution < -0.4 is 15.0 Å². The molecule has 1 aliphatic rings. The minimum absolute atomic E-state index is 0.0559. The highest BCUT2D eigenvalue weighted by molar-refractivity contribution is 5.95. The lowest BCUT2D eigenvalue weighted by molar-refractivity contribution is -0.123. The van der Waals surface area contributed by atoms with Crippen LogP contribution in [0.3, 0.4) is 0 Å². The molecule has 2 heterocycles. The molecule has 1 aliphatic heterocycles. The van der Waals surface area contributed by atoms with Crippen LogP contribution in [-0.4, -0.2) is 36.5 Å². The summed E-state index contributed by atoms with van der Waals surface area (Å²) < 4.78 is 5.54. The van der Waals surface area contributed by atoms with Crippen molar-refractivity contribution in [3.05, 3.63) is 54.4 Å². The molecule has 1 aromatic heterocycles. The summed E-state index contributed by atoms with van der Waals surface area (Å²) >= 11 is 0. The number of hydrogen-bond acceptors (Lipinski definition) is 4. The van der Waals surface area contributed by atoms with Crippen LogP contribution in [0.4, 0.5) is 5.69 Å². The first-order chi connectivity index (χ1) is 12.2. The van der Waals surface area contributed by atoms with Crippen LogP contribution in [0.1, 0.15) is 18.5 Å². The number of carbonyl (C=O) groups is 2. The van der Waals surface area contributed by atoms with E-state index in [1.807, 2.05) is 30.3 Å². The molecule has 6 heteroatoms. The summed E-state index contributed by atoms with van der Waals surface area (Å²) in [6, 6.07) is 13.0.